The van der Waals surface area contributed by atoms with Crippen molar-refractivity contribution in [3.8, 4) is 0 Å². The largest absolute Gasteiger partial charge is 0.376 e. The number of anilines is 1. The number of benzene rings is 1. The van der Waals surface area contributed by atoms with Crippen LogP contribution in [0.5, 0.6) is 0 Å². The SMILES string of the molecule is CCN(CC1CCCO1)c1ccc(C)cc1CC(C)N. The van der Waals surface area contributed by atoms with E-state index in [-0.39, 0.29) is 6.04 Å². The maximum Gasteiger partial charge on any atom is 0.0750 e. The minimum Gasteiger partial charge on any atom is -0.376 e. The van der Waals surface area contributed by atoms with Crippen LogP contribution in [-0.4, -0.2) is 31.8 Å². The van der Waals surface area contributed by atoms with Crippen LogP contribution in [0.1, 0.15) is 37.8 Å². The standard InChI is InChI=1S/C17H28N2O/c1-4-19(12-16-6-5-9-20-16)17-8-7-13(2)10-15(17)11-14(3)18/h7-8,10,14,16H,4-6,9,11-12,18H2,1-3H3. The topological polar surface area (TPSA) is 38.5 Å². The normalized spacial score (nSPS) is 20.1. The molecule has 1 saturated heterocycles. The van der Waals surface area contributed by atoms with Gasteiger partial charge in [-0.15, -0.1) is 0 Å². The van der Waals surface area contributed by atoms with Gasteiger partial charge >= 0.3 is 0 Å². The van der Waals surface area contributed by atoms with Crippen LogP contribution in [-0.2, 0) is 11.2 Å². The zero-order chi connectivity index (χ0) is 14.5. The van der Waals surface area contributed by atoms with Crippen molar-refractivity contribution < 1.29 is 4.74 Å². The number of hydrogen-bond donors (Lipinski definition) is 1. The van der Waals surface area contributed by atoms with Gasteiger partial charge in [-0.2, -0.15) is 0 Å². The van der Waals surface area contributed by atoms with Crippen LogP contribution in [0.4, 0.5) is 5.69 Å². The number of aryl methyl sites for hydroxylation is 1. The Kier molecular flexibility index (Phi) is 5.44. The van der Waals surface area contributed by atoms with E-state index < -0.39 is 0 Å². The molecule has 0 aliphatic carbocycles. The summed E-state index contributed by atoms with van der Waals surface area (Å²) in [5.74, 6) is 0. The highest BCUT2D eigenvalue weighted by Gasteiger charge is 2.20. The van der Waals surface area contributed by atoms with E-state index in [1.807, 2.05) is 0 Å². The molecule has 2 rings (SSSR count). The monoisotopic (exact) mass is 276 g/mol. The van der Waals surface area contributed by atoms with Gasteiger partial charge in [-0.3, -0.25) is 0 Å². The maximum atomic E-state index is 6.01. The molecular weight excluding hydrogens is 248 g/mol. The molecule has 1 aliphatic rings. The number of ether oxygens (including phenoxy) is 1. The number of nitrogens with zero attached hydrogens (tertiary/aromatic N) is 1. The molecule has 2 unspecified atom stereocenters. The first-order valence-electron chi connectivity index (χ1n) is 7.81. The van der Waals surface area contributed by atoms with E-state index >= 15 is 0 Å². The van der Waals surface area contributed by atoms with Crippen molar-refractivity contribution in [3.05, 3.63) is 29.3 Å². The lowest BCUT2D eigenvalue weighted by Gasteiger charge is -2.29. The highest BCUT2D eigenvalue weighted by Crippen LogP contribution is 2.25. The van der Waals surface area contributed by atoms with Gasteiger partial charge in [-0.05, 0) is 51.7 Å². The van der Waals surface area contributed by atoms with E-state index in [1.54, 1.807) is 0 Å². The molecule has 1 aromatic carbocycles. The van der Waals surface area contributed by atoms with Crippen LogP contribution in [0.15, 0.2) is 18.2 Å². The van der Waals surface area contributed by atoms with Gasteiger partial charge in [0.15, 0.2) is 0 Å². The number of nitrogens with two attached hydrogens (primary N) is 1. The fraction of sp³-hybridized carbons (Fsp3) is 0.647. The minimum absolute atomic E-state index is 0.192. The van der Waals surface area contributed by atoms with Crippen molar-refractivity contribution in [2.75, 3.05) is 24.6 Å². The summed E-state index contributed by atoms with van der Waals surface area (Å²) in [6.07, 6.45) is 3.70. The zero-order valence-corrected chi connectivity index (χ0v) is 13.1. The fourth-order valence-corrected chi connectivity index (χ4v) is 2.97. The molecule has 0 bridgehead atoms. The molecule has 3 heteroatoms. The highest BCUT2D eigenvalue weighted by molar-refractivity contribution is 5.55. The van der Waals surface area contributed by atoms with Crippen LogP contribution in [0.2, 0.25) is 0 Å². The van der Waals surface area contributed by atoms with Gasteiger partial charge in [-0.1, -0.05) is 17.7 Å². The van der Waals surface area contributed by atoms with Crippen LogP contribution in [0.25, 0.3) is 0 Å². The molecule has 1 heterocycles. The third kappa shape index (κ3) is 3.97. The second-order valence-electron chi connectivity index (χ2n) is 5.99. The molecule has 0 amide bonds. The van der Waals surface area contributed by atoms with E-state index in [0.29, 0.717) is 6.10 Å². The first-order chi connectivity index (χ1) is 9.60. The predicted molar refractivity (Wildman–Crippen MR) is 85.4 cm³/mol. The van der Waals surface area contributed by atoms with E-state index in [1.165, 1.54) is 29.7 Å². The molecular formula is C17H28N2O. The first kappa shape index (κ1) is 15.3. The second-order valence-corrected chi connectivity index (χ2v) is 5.99. The molecule has 1 fully saturated rings. The van der Waals surface area contributed by atoms with Gasteiger partial charge in [0, 0.05) is 31.4 Å². The summed E-state index contributed by atoms with van der Waals surface area (Å²) < 4.78 is 5.79. The van der Waals surface area contributed by atoms with Crippen molar-refractivity contribution in [1.82, 2.24) is 0 Å². The van der Waals surface area contributed by atoms with Crippen LogP contribution in [0.3, 0.4) is 0 Å². The quantitative estimate of drug-likeness (QED) is 0.868. The number of likely N-dealkylation sites (N-methyl/N-ethyl adjacent to an activating group) is 1. The molecule has 0 radical (unpaired) electrons. The third-order valence-electron chi connectivity index (χ3n) is 3.95. The molecule has 3 nitrogen and oxygen atoms in total. The van der Waals surface area contributed by atoms with Gasteiger partial charge in [0.25, 0.3) is 0 Å². The van der Waals surface area contributed by atoms with Gasteiger partial charge in [0.1, 0.15) is 0 Å². The highest BCUT2D eigenvalue weighted by atomic mass is 16.5. The lowest BCUT2D eigenvalue weighted by molar-refractivity contribution is 0.115. The van der Waals surface area contributed by atoms with E-state index in [2.05, 4.69) is 43.9 Å². The van der Waals surface area contributed by atoms with Gasteiger partial charge in [0.2, 0.25) is 0 Å². The van der Waals surface area contributed by atoms with Crippen molar-refractivity contribution in [3.63, 3.8) is 0 Å². The van der Waals surface area contributed by atoms with Gasteiger partial charge in [0.05, 0.1) is 6.10 Å². The summed E-state index contributed by atoms with van der Waals surface area (Å²) in [5, 5.41) is 0. The first-order valence-corrected chi connectivity index (χ1v) is 7.81. The molecule has 2 N–H and O–H groups in total. The molecule has 1 aromatic rings. The third-order valence-corrected chi connectivity index (χ3v) is 3.95. The van der Waals surface area contributed by atoms with Crippen molar-refractivity contribution in [2.24, 2.45) is 5.73 Å². The fourth-order valence-electron chi connectivity index (χ4n) is 2.97. The van der Waals surface area contributed by atoms with Crippen LogP contribution < -0.4 is 10.6 Å². The summed E-state index contributed by atoms with van der Waals surface area (Å²) in [7, 11) is 0. The summed E-state index contributed by atoms with van der Waals surface area (Å²) in [4.78, 5) is 2.44. The Morgan fingerprint density at radius 1 is 1.45 bits per heavy atom. The Balaban J connectivity index is 2.18. The Bertz CT molecular complexity index is 425. The number of hydrogen-bond acceptors (Lipinski definition) is 3. The molecule has 20 heavy (non-hydrogen) atoms. The average Bonchev–Trinajstić information content (AvgIpc) is 2.89. The van der Waals surface area contributed by atoms with E-state index in [9.17, 15) is 0 Å². The summed E-state index contributed by atoms with van der Waals surface area (Å²) in [6.45, 7) is 9.35. The van der Waals surface area contributed by atoms with Crippen molar-refractivity contribution >= 4 is 5.69 Å². The number of rotatable bonds is 6. The Hall–Kier alpha value is -1.06. The molecule has 0 saturated carbocycles. The Morgan fingerprint density at radius 2 is 2.25 bits per heavy atom. The van der Waals surface area contributed by atoms with E-state index in [0.717, 1.165) is 26.1 Å². The Morgan fingerprint density at radius 3 is 2.85 bits per heavy atom. The minimum atomic E-state index is 0.192. The van der Waals surface area contributed by atoms with Gasteiger partial charge < -0.3 is 15.4 Å². The predicted octanol–water partition coefficient (Wildman–Crippen LogP) is 2.89. The molecule has 2 atom stereocenters. The van der Waals surface area contributed by atoms with E-state index in [4.69, 9.17) is 10.5 Å². The molecule has 1 aliphatic heterocycles. The van der Waals surface area contributed by atoms with Crippen molar-refractivity contribution in [1.29, 1.82) is 0 Å². The summed E-state index contributed by atoms with van der Waals surface area (Å²) in [5.41, 5.74) is 9.99. The average molecular weight is 276 g/mol. The summed E-state index contributed by atoms with van der Waals surface area (Å²) in [6, 6.07) is 6.90. The maximum absolute atomic E-state index is 6.01. The van der Waals surface area contributed by atoms with Crippen LogP contribution >= 0.6 is 0 Å². The Labute approximate surface area is 123 Å². The lowest BCUT2D eigenvalue weighted by Crippen LogP contribution is -2.33. The van der Waals surface area contributed by atoms with Gasteiger partial charge in [-0.25, -0.2) is 0 Å². The molecule has 0 spiro atoms. The molecule has 112 valence electrons. The summed E-state index contributed by atoms with van der Waals surface area (Å²) >= 11 is 0. The lowest BCUT2D eigenvalue weighted by atomic mass is 10.0. The zero-order valence-electron chi connectivity index (χ0n) is 13.1. The smallest absolute Gasteiger partial charge is 0.0750 e. The van der Waals surface area contributed by atoms with Crippen LogP contribution in [0, 0.1) is 6.92 Å². The van der Waals surface area contributed by atoms with Crippen molar-refractivity contribution in [2.45, 2.75) is 52.2 Å². The second kappa shape index (κ2) is 7.09. The molecule has 0 aromatic heterocycles.